The molecule has 1 saturated carbocycles. The second-order valence-corrected chi connectivity index (χ2v) is 11.6. The van der Waals surface area contributed by atoms with Crippen molar-refractivity contribution in [1.82, 2.24) is 24.1 Å². The van der Waals surface area contributed by atoms with E-state index < -0.39 is 17.4 Å². The fourth-order valence-corrected chi connectivity index (χ4v) is 6.92. The summed E-state index contributed by atoms with van der Waals surface area (Å²) in [5, 5.41) is 7.43. The van der Waals surface area contributed by atoms with Gasteiger partial charge in [0.25, 0.3) is 0 Å². The number of aromatic amines is 1. The summed E-state index contributed by atoms with van der Waals surface area (Å²) < 4.78 is 56.6. The van der Waals surface area contributed by atoms with Crippen LogP contribution in [-0.2, 0) is 22.2 Å². The maximum Gasteiger partial charge on any atom is 0.418 e. The molecule has 2 saturated heterocycles. The molecule has 3 aromatic heterocycles. The van der Waals surface area contributed by atoms with Crippen molar-refractivity contribution in [2.45, 2.75) is 70.3 Å². The van der Waals surface area contributed by atoms with Crippen molar-refractivity contribution in [3.05, 3.63) is 57.5 Å². The van der Waals surface area contributed by atoms with Crippen molar-refractivity contribution in [2.75, 3.05) is 32.9 Å². The van der Waals surface area contributed by atoms with Gasteiger partial charge in [0, 0.05) is 55.6 Å². The normalized spacial score (nSPS) is 26.1. The number of nitrogens with zero attached hydrogens (tertiary/aromatic N) is 4. The molecule has 0 aromatic carbocycles. The third-order valence-electron chi connectivity index (χ3n) is 8.85. The summed E-state index contributed by atoms with van der Waals surface area (Å²) in [5.74, 6) is 0.887. The molecule has 1 N–H and O–H groups in total. The number of rotatable bonds is 6. The third kappa shape index (κ3) is 5.16. The molecule has 0 spiro atoms. The Labute approximate surface area is 225 Å². The van der Waals surface area contributed by atoms with Gasteiger partial charge in [-0.3, -0.25) is 19.0 Å². The van der Waals surface area contributed by atoms with Gasteiger partial charge in [0.05, 0.1) is 43.2 Å². The van der Waals surface area contributed by atoms with E-state index in [1.807, 2.05) is 20.0 Å². The molecule has 11 heteroatoms. The van der Waals surface area contributed by atoms with Gasteiger partial charge in [-0.05, 0) is 56.2 Å². The maximum atomic E-state index is 14.2. The van der Waals surface area contributed by atoms with Crippen molar-refractivity contribution in [2.24, 2.45) is 11.8 Å². The van der Waals surface area contributed by atoms with Gasteiger partial charge in [0.2, 0.25) is 0 Å². The quantitative estimate of drug-likeness (QED) is 0.491. The Morgan fingerprint density at radius 3 is 2.69 bits per heavy atom. The molecule has 6 rings (SSSR count). The largest absolute Gasteiger partial charge is 0.418 e. The van der Waals surface area contributed by atoms with E-state index in [2.05, 4.69) is 15.1 Å². The van der Waals surface area contributed by atoms with Crippen LogP contribution in [0.4, 0.5) is 13.2 Å². The zero-order chi connectivity index (χ0) is 27.3. The molecular formula is C28H36F3N5O3. The zero-order valence-electron chi connectivity index (χ0n) is 22.4. The molecule has 4 atom stereocenters. The Balaban J connectivity index is 1.33. The predicted octanol–water partition coefficient (Wildman–Crippen LogP) is 4.53. The molecule has 2 aliphatic heterocycles. The van der Waals surface area contributed by atoms with E-state index in [0.717, 1.165) is 36.9 Å². The number of aromatic nitrogens is 4. The van der Waals surface area contributed by atoms with E-state index >= 15 is 0 Å². The fourth-order valence-electron chi connectivity index (χ4n) is 6.92. The van der Waals surface area contributed by atoms with Crippen LogP contribution in [0, 0.1) is 18.8 Å². The van der Waals surface area contributed by atoms with E-state index in [-0.39, 0.29) is 29.5 Å². The van der Waals surface area contributed by atoms with Crippen LogP contribution in [0.3, 0.4) is 0 Å². The minimum absolute atomic E-state index is 0.0218. The van der Waals surface area contributed by atoms with E-state index in [4.69, 9.17) is 9.47 Å². The molecule has 212 valence electrons. The van der Waals surface area contributed by atoms with Crippen LogP contribution in [0.25, 0.3) is 5.52 Å². The van der Waals surface area contributed by atoms with Gasteiger partial charge in [0.15, 0.2) is 0 Å². The van der Waals surface area contributed by atoms with Gasteiger partial charge in [-0.2, -0.15) is 18.3 Å². The van der Waals surface area contributed by atoms with E-state index in [1.165, 1.54) is 16.7 Å². The summed E-state index contributed by atoms with van der Waals surface area (Å²) in [6.45, 7) is 7.55. The SMILES string of the molecule is Cc1cn[nH]c1[C@@H](C1COC1)C1CCCC(n2cc3c(C(F)(F)F)cc(CN4CCO[C@H](C)C4)cn3c2=O)C1. The summed E-state index contributed by atoms with van der Waals surface area (Å²) in [6.07, 6.45) is 3.73. The highest BCUT2D eigenvalue weighted by Crippen LogP contribution is 2.46. The topological polar surface area (TPSA) is 76.8 Å². The minimum Gasteiger partial charge on any atom is -0.381 e. The number of pyridine rings is 1. The van der Waals surface area contributed by atoms with Crippen molar-refractivity contribution >= 4 is 5.52 Å². The highest BCUT2D eigenvalue weighted by Gasteiger charge is 2.40. The standard InChI is InChI=1S/C28H36F3N5O3/c1-17-10-32-33-26(17)25(21-15-38-16-21)20-4-3-5-22(9-20)35-14-24-23(28(29,30)31)8-19(13-36(24)27(35)37)12-34-6-7-39-18(2)11-34/h8,10,13-14,18,20-22,25H,3-7,9,11-12,15-16H2,1-2H3,(H,32,33)/t18-,20?,22?,25-/m1/s1. The first-order valence-corrected chi connectivity index (χ1v) is 13.9. The molecule has 3 fully saturated rings. The van der Waals surface area contributed by atoms with Crippen molar-refractivity contribution in [1.29, 1.82) is 0 Å². The van der Waals surface area contributed by atoms with E-state index in [9.17, 15) is 18.0 Å². The Kier molecular flexibility index (Phi) is 7.09. The second-order valence-electron chi connectivity index (χ2n) is 11.6. The number of morpholine rings is 1. The highest BCUT2D eigenvalue weighted by molar-refractivity contribution is 5.56. The molecule has 8 nitrogen and oxygen atoms in total. The summed E-state index contributed by atoms with van der Waals surface area (Å²) >= 11 is 0. The molecule has 2 unspecified atom stereocenters. The van der Waals surface area contributed by atoms with Crippen LogP contribution in [0.15, 0.2) is 29.5 Å². The smallest absolute Gasteiger partial charge is 0.381 e. The average molecular weight is 548 g/mol. The van der Waals surface area contributed by atoms with Gasteiger partial charge >= 0.3 is 11.9 Å². The summed E-state index contributed by atoms with van der Waals surface area (Å²) in [6, 6.07) is 1.05. The van der Waals surface area contributed by atoms with E-state index in [0.29, 0.717) is 50.9 Å². The zero-order valence-corrected chi connectivity index (χ0v) is 22.4. The van der Waals surface area contributed by atoms with Gasteiger partial charge in [0.1, 0.15) is 0 Å². The first kappa shape index (κ1) is 26.6. The Bertz CT molecular complexity index is 1370. The van der Waals surface area contributed by atoms with Gasteiger partial charge < -0.3 is 9.47 Å². The van der Waals surface area contributed by atoms with E-state index in [1.54, 1.807) is 10.8 Å². The summed E-state index contributed by atoms with van der Waals surface area (Å²) in [5.41, 5.74) is 1.46. The molecule has 3 aromatic rings. The molecule has 3 aliphatic rings. The fraction of sp³-hybridized carbons (Fsp3) is 0.643. The third-order valence-corrected chi connectivity index (χ3v) is 8.85. The molecular weight excluding hydrogens is 511 g/mol. The first-order valence-electron chi connectivity index (χ1n) is 13.9. The number of fused-ring (bicyclic) bond motifs is 1. The number of H-pyrrole nitrogens is 1. The van der Waals surface area contributed by atoms with Crippen LogP contribution in [0.2, 0.25) is 0 Å². The van der Waals surface area contributed by atoms with Crippen LogP contribution >= 0.6 is 0 Å². The van der Waals surface area contributed by atoms with Crippen LogP contribution in [0.1, 0.15) is 67.0 Å². The number of hydrogen-bond donors (Lipinski definition) is 1. The van der Waals surface area contributed by atoms with Crippen LogP contribution in [0.5, 0.6) is 0 Å². The molecule has 0 radical (unpaired) electrons. The van der Waals surface area contributed by atoms with Crippen LogP contribution in [-0.4, -0.2) is 63.1 Å². The lowest BCUT2D eigenvalue weighted by atomic mass is 9.70. The highest BCUT2D eigenvalue weighted by atomic mass is 19.4. The predicted molar refractivity (Wildman–Crippen MR) is 139 cm³/mol. The number of alkyl halides is 3. The molecule has 1 aliphatic carbocycles. The number of aryl methyl sites for hydroxylation is 1. The molecule has 5 heterocycles. The van der Waals surface area contributed by atoms with Gasteiger partial charge in [-0.25, -0.2) is 4.79 Å². The summed E-state index contributed by atoms with van der Waals surface area (Å²) in [7, 11) is 0. The minimum atomic E-state index is -4.57. The maximum absolute atomic E-state index is 14.2. The molecule has 39 heavy (non-hydrogen) atoms. The second kappa shape index (κ2) is 10.4. The molecule has 0 bridgehead atoms. The number of nitrogens with one attached hydrogen (secondary N) is 1. The number of halogens is 3. The Morgan fingerprint density at radius 1 is 1.21 bits per heavy atom. The number of imidazole rings is 1. The molecule has 0 amide bonds. The van der Waals surface area contributed by atoms with Crippen LogP contribution < -0.4 is 5.69 Å². The van der Waals surface area contributed by atoms with Gasteiger partial charge in [-0.15, -0.1) is 0 Å². The summed E-state index contributed by atoms with van der Waals surface area (Å²) in [4.78, 5) is 15.7. The number of ether oxygens (including phenoxy) is 2. The lowest BCUT2D eigenvalue weighted by Gasteiger charge is -2.41. The average Bonchev–Trinajstić information content (AvgIpc) is 3.43. The van der Waals surface area contributed by atoms with Gasteiger partial charge in [-0.1, -0.05) is 6.42 Å². The van der Waals surface area contributed by atoms with Crippen molar-refractivity contribution in [3.8, 4) is 0 Å². The Morgan fingerprint density at radius 2 is 2.03 bits per heavy atom. The lowest BCUT2D eigenvalue weighted by Crippen LogP contribution is -2.40. The van der Waals surface area contributed by atoms with Crippen molar-refractivity contribution in [3.63, 3.8) is 0 Å². The number of hydrogen-bond acceptors (Lipinski definition) is 5. The van der Waals surface area contributed by atoms with Crippen molar-refractivity contribution < 1.29 is 22.6 Å². The lowest BCUT2D eigenvalue weighted by molar-refractivity contribution is -0.136. The Hall–Kier alpha value is -2.63. The first-order chi connectivity index (χ1) is 18.7. The monoisotopic (exact) mass is 547 g/mol.